The molecule has 2 rings (SSSR count). The quantitative estimate of drug-likeness (QED) is 0.749. The Hall–Kier alpha value is -0.970. The van der Waals surface area contributed by atoms with Crippen LogP contribution >= 0.6 is 0 Å². The SMILES string of the molecule is CS(=O)(=O)NC1CCN(S(=O)(=O)c2ccn[nH]2)CC1. The third-order valence-corrected chi connectivity index (χ3v) is 5.52. The van der Waals surface area contributed by atoms with Gasteiger partial charge in [0.05, 0.1) is 12.5 Å². The second-order valence-electron chi connectivity index (χ2n) is 4.49. The van der Waals surface area contributed by atoms with E-state index in [1.54, 1.807) is 0 Å². The van der Waals surface area contributed by atoms with Crippen LogP contribution in [0.3, 0.4) is 0 Å². The van der Waals surface area contributed by atoms with E-state index >= 15 is 0 Å². The highest BCUT2D eigenvalue weighted by Crippen LogP contribution is 2.19. The molecule has 19 heavy (non-hydrogen) atoms. The van der Waals surface area contributed by atoms with E-state index in [0.717, 1.165) is 6.26 Å². The summed E-state index contributed by atoms with van der Waals surface area (Å²) < 4.78 is 50.4. The minimum atomic E-state index is -3.55. The molecule has 0 amide bonds. The molecule has 0 saturated carbocycles. The van der Waals surface area contributed by atoms with Crippen molar-refractivity contribution in [1.29, 1.82) is 0 Å². The van der Waals surface area contributed by atoms with E-state index in [1.165, 1.54) is 16.6 Å². The molecule has 1 saturated heterocycles. The lowest BCUT2D eigenvalue weighted by molar-refractivity contribution is 0.308. The number of hydrogen-bond acceptors (Lipinski definition) is 5. The standard InChI is InChI=1S/C9H16N4O4S2/c1-18(14,15)12-8-3-6-13(7-4-8)19(16,17)9-2-5-10-11-9/h2,5,8,12H,3-4,6-7H2,1H3,(H,10,11). The Morgan fingerprint density at radius 3 is 2.42 bits per heavy atom. The molecule has 0 spiro atoms. The molecule has 2 heterocycles. The Labute approximate surface area is 112 Å². The summed E-state index contributed by atoms with van der Waals surface area (Å²) in [5, 5.41) is 6.11. The highest BCUT2D eigenvalue weighted by molar-refractivity contribution is 7.89. The van der Waals surface area contributed by atoms with Crippen molar-refractivity contribution < 1.29 is 16.8 Å². The topological polar surface area (TPSA) is 112 Å². The zero-order valence-corrected chi connectivity index (χ0v) is 12.0. The number of aromatic nitrogens is 2. The first-order valence-corrected chi connectivity index (χ1v) is 9.09. The van der Waals surface area contributed by atoms with Crippen molar-refractivity contribution in [2.45, 2.75) is 23.9 Å². The number of nitrogens with zero attached hydrogens (tertiary/aromatic N) is 2. The summed E-state index contributed by atoms with van der Waals surface area (Å²) in [5.41, 5.74) is 0. The number of aromatic amines is 1. The van der Waals surface area contributed by atoms with Gasteiger partial charge in [-0.2, -0.15) is 9.40 Å². The van der Waals surface area contributed by atoms with Gasteiger partial charge in [0.15, 0.2) is 5.03 Å². The molecule has 2 N–H and O–H groups in total. The van der Waals surface area contributed by atoms with Crippen molar-refractivity contribution in [1.82, 2.24) is 19.2 Å². The third kappa shape index (κ3) is 3.53. The fourth-order valence-electron chi connectivity index (χ4n) is 2.04. The molecule has 1 aromatic rings. The lowest BCUT2D eigenvalue weighted by Gasteiger charge is -2.30. The zero-order valence-electron chi connectivity index (χ0n) is 10.4. The van der Waals surface area contributed by atoms with Crippen LogP contribution in [0.5, 0.6) is 0 Å². The average Bonchev–Trinajstić information content (AvgIpc) is 2.81. The Balaban J connectivity index is 2.01. The van der Waals surface area contributed by atoms with E-state index in [-0.39, 0.29) is 24.2 Å². The van der Waals surface area contributed by atoms with Crippen LogP contribution in [0.25, 0.3) is 0 Å². The summed E-state index contributed by atoms with van der Waals surface area (Å²) in [7, 11) is -6.80. The summed E-state index contributed by atoms with van der Waals surface area (Å²) in [5.74, 6) is 0. The first kappa shape index (κ1) is 14.4. The molecule has 0 unspecified atom stereocenters. The average molecular weight is 308 g/mol. The van der Waals surface area contributed by atoms with Crippen LogP contribution in [0.1, 0.15) is 12.8 Å². The number of nitrogens with one attached hydrogen (secondary N) is 2. The maximum atomic E-state index is 12.2. The molecule has 1 aromatic heterocycles. The largest absolute Gasteiger partial charge is 0.266 e. The molecule has 1 fully saturated rings. The highest BCUT2D eigenvalue weighted by Gasteiger charge is 2.30. The Morgan fingerprint density at radius 2 is 1.95 bits per heavy atom. The van der Waals surface area contributed by atoms with Crippen molar-refractivity contribution in [3.05, 3.63) is 12.3 Å². The van der Waals surface area contributed by atoms with Crippen molar-refractivity contribution in [3.8, 4) is 0 Å². The van der Waals surface area contributed by atoms with Gasteiger partial charge in [-0.3, -0.25) is 5.10 Å². The van der Waals surface area contributed by atoms with Crippen LogP contribution in [0.15, 0.2) is 17.3 Å². The lowest BCUT2D eigenvalue weighted by Crippen LogP contribution is -2.46. The summed E-state index contributed by atoms with van der Waals surface area (Å²) >= 11 is 0. The van der Waals surface area contributed by atoms with Crippen LogP contribution in [0.4, 0.5) is 0 Å². The minimum absolute atomic E-state index is 0.0574. The highest BCUT2D eigenvalue weighted by atomic mass is 32.2. The fraction of sp³-hybridized carbons (Fsp3) is 0.667. The predicted octanol–water partition coefficient (Wildman–Crippen LogP) is -0.888. The molecule has 1 aliphatic rings. The third-order valence-electron chi connectivity index (χ3n) is 2.93. The van der Waals surface area contributed by atoms with Gasteiger partial charge in [-0.1, -0.05) is 0 Å². The molecule has 0 aliphatic carbocycles. The number of piperidine rings is 1. The van der Waals surface area contributed by atoms with Crippen LogP contribution in [0, 0.1) is 0 Å². The van der Waals surface area contributed by atoms with E-state index in [2.05, 4.69) is 14.9 Å². The first-order valence-electron chi connectivity index (χ1n) is 5.76. The Kier molecular flexibility index (Phi) is 3.95. The maximum Gasteiger partial charge on any atom is 0.259 e. The van der Waals surface area contributed by atoms with Gasteiger partial charge < -0.3 is 0 Å². The van der Waals surface area contributed by atoms with Gasteiger partial charge in [-0.15, -0.1) is 0 Å². The van der Waals surface area contributed by atoms with Gasteiger partial charge >= 0.3 is 0 Å². The van der Waals surface area contributed by atoms with Gasteiger partial charge in [0.1, 0.15) is 0 Å². The van der Waals surface area contributed by atoms with E-state index in [9.17, 15) is 16.8 Å². The van der Waals surface area contributed by atoms with Gasteiger partial charge in [0, 0.05) is 19.1 Å². The van der Waals surface area contributed by atoms with Gasteiger partial charge in [0.25, 0.3) is 10.0 Å². The van der Waals surface area contributed by atoms with Crippen molar-refractivity contribution >= 4 is 20.0 Å². The summed E-state index contributed by atoms with van der Waals surface area (Å²) in [6.45, 7) is 0.572. The second-order valence-corrected chi connectivity index (χ2v) is 8.18. The lowest BCUT2D eigenvalue weighted by atomic mass is 10.1. The van der Waals surface area contributed by atoms with Gasteiger partial charge in [0.2, 0.25) is 10.0 Å². The van der Waals surface area contributed by atoms with E-state index in [0.29, 0.717) is 12.8 Å². The number of H-pyrrole nitrogens is 1. The summed E-state index contributed by atoms with van der Waals surface area (Å²) in [6, 6.07) is 1.19. The molecule has 1 aliphatic heterocycles. The normalized spacial score (nSPS) is 19.6. The number of hydrogen-bond donors (Lipinski definition) is 2. The van der Waals surface area contributed by atoms with Crippen molar-refractivity contribution in [3.63, 3.8) is 0 Å². The molecule has 0 bridgehead atoms. The maximum absolute atomic E-state index is 12.2. The van der Waals surface area contributed by atoms with Gasteiger partial charge in [-0.25, -0.2) is 21.6 Å². The monoisotopic (exact) mass is 308 g/mol. The molecular weight excluding hydrogens is 292 g/mol. The summed E-state index contributed by atoms with van der Waals surface area (Å²) in [4.78, 5) is 0. The molecule has 0 aromatic carbocycles. The van der Waals surface area contributed by atoms with Crippen molar-refractivity contribution in [2.24, 2.45) is 0 Å². The molecule has 10 heteroatoms. The second kappa shape index (κ2) is 5.19. The number of rotatable bonds is 4. The number of sulfonamides is 2. The molecule has 8 nitrogen and oxygen atoms in total. The molecule has 0 atom stereocenters. The Bertz CT molecular complexity index is 615. The van der Waals surface area contributed by atoms with Crippen LogP contribution in [-0.4, -0.2) is 56.7 Å². The smallest absolute Gasteiger partial charge is 0.259 e. The Morgan fingerprint density at radius 1 is 1.32 bits per heavy atom. The zero-order chi connectivity index (χ0) is 14.1. The van der Waals surface area contributed by atoms with Crippen molar-refractivity contribution in [2.75, 3.05) is 19.3 Å². The van der Waals surface area contributed by atoms with Crippen LogP contribution in [-0.2, 0) is 20.0 Å². The van der Waals surface area contributed by atoms with Gasteiger partial charge in [-0.05, 0) is 18.9 Å². The van der Waals surface area contributed by atoms with Crippen LogP contribution < -0.4 is 4.72 Å². The molecular formula is C9H16N4O4S2. The molecule has 0 radical (unpaired) electrons. The minimum Gasteiger partial charge on any atom is -0.266 e. The van der Waals surface area contributed by atoms with E-state index < -0.39 is 20.0 Å². The fourth-order valence-corrected chi connectivity index (χ4v) is 4.25. The van der Waals surface area contributed by atoms with E-state index in [1.807, 2.05) is 0 Å². The van der Waals surface area contributed by atoms with Crippen LogP contribution in [0.2, 0.25) is 0 Å². The summed E-state index contributed by atoms with van der Waals surface area (Å²) in [6.07, 6.45) is 3.40. The first-order chi connectivity index (χ1) is 8.79. The predicted molar refractivity (Wildman–Crippen MR) is 68.3 cm³/mol. The van der Waals surface area contributed by atoms with E-state index in [4.69, 9.17) is 0 Å². The molecule has 108 valence electrons.